The van der Waals surface area contributed by atoms with E-state index in [9.17, 15) is 0 Å². The Kier molecular flexibility index (Phi) is 2.88. The summed E-state index contributed by atoms with van der Waals surface area (Å²) in [7, 11) is 0. The largest absolute Gasteiger partial charge is 0.419 e. The van der Waals surface area contributed by atoms with E-state index in [4.69, 9.17) is 4.42 Å². The molecule has 0 bridgehead atoms. The molecule has 0 spiro atoms. The van der Waals surface area contributed by atoms with Gasteiger partial charge in [-0.15, -0.1) is 10.2 Å². The summed E-state index contributed by atoms with van der Waals surface area (Å²) in [5.41, 5.74) is 1.47. The lowest BCUT2D eigenvalue weighted by Gasteiger charge is -2.07. The summed E-state index contributed by atoms with van der Waals surface area (Å²) in [5, 5.41) is 11.5. The van der Waals surface area contributed by atoms with Gasteiger partial charge in [-0.25, -0.2) is 0 Å². The highest BCUT2D eigenvalue weighted by atomic mass is 16.4. The van der Waals surface area contributed by atoms with E-state index in [0.29, 0.717) is 23.7 Å². The third-order valence-corrected chi connectivity index (χ3v) is 3.42. The van der Waals surface area contributed by atoms with Gasteiger partial charge in [0.1, 0.15) is 0 Å². The van der Waals surface area contributed by atoms with E-state index in [0.717, 1.165) is 12.1 Å². The van der Waals surface area contributed by atoms with Crippen molar-refractivity contribution in [3.8, 4) is 11.5 Å². The Bertz CT molecular complexity index is 517. The highest BCUT2D eigenvalue weighted by Gasteiger charge is 2.36. The third kappa shape index (κ3) is 2.59. The Hall–Kier alpha value is -1.68. The number of hydrogen-bond donors (Lipinski definition) is 1. The molecule has 1 aliphatic rings. The molecule has 2 aromatic rings. The molecular weight excluding hydrogens is 226 g/mol. The van der Waals surface area contributed by atoms with Crippen molar-refractivity contribution in [3.05, 3.63) is 36.2 Å². The average Bonchev–Trinajstić information content (AvgIpc) is 2.94. The Balaban J connectivity index is 1.59. The van der Waals surface area contributed by atoms with Crippen molar-refractivity contribution in [1.29, 1.82) is 0 Å². The molecule has 0 atom stereocenters. The standard InChI is InChI=1S/C14H17N3O/c1-14(7-8-14)10-15-9-12-16-17-13(18-12)11-5-3-2-4-6-11/h2-6,15H,7-10H2,1H3. The van der Waals surface area contributed by atoms with E-state index in [2.05, 4.69) is 22.4 Å². The minimum absolute atomic E-state index is 0.502. The number of nitrogens with one attached hydrogen (secondary N) is 1. The molecule has 0 saturated heterocycles. The maximum atomic E-state index is 5.62. The molecule has 4 nitrogen and oxygen atoms in total. The molecule has 0 radical (unpaired) electrons. The van der Waals surface area contributed by atoms with Gasteiger partial charge in [0, 0.05) is 12.1 Å². The molecule has 1 aromatic heterocycles. The molecular formula is C14H17N3O. The predicted molar refractivity (Wildman–Crippen MR) is 68.8 cm³/mol. The number of benzene rings is 1. The van der Waals surface area contributed by atoms with Crippen LogP contribution in [0.4, 0.5) is 0 Å². The smallest absolute Gasteiger partial charge is 0.247 e. The van der Waals surface area contributed by atoms with Crippen molar-refractivity contribution in [1.82, 2.24) is 15.5 Å². The van der Waals surface area contributed by atoms with Crippen LogP contribution in [0.2, 0.25) is 0 Å². The predicted octanol–water partition coefficient (Wildman–Crippen LogP) is 2.63. The second-order valence-electron chi connectivity index (χ2n) is 5.28. The van der Waals surface area contributed by atoms with E-state index in [1.54, 1.807) is 0 Å². The molecule has 3 rings (SSSR count). The minimum Gasteiger partial charge on any atom is -0.419 e. The van der Waals surface area contributed by atoms with Crippen molar-refractivity contribution < 1.29 is 4.42 Å². The number of hydrogen-bond acceptors (Lipinski definition) is 4. The summed E-state index contributed by atoms with van der Waals surface area (Å²) in [6, 6.07) is 9.83. The summed E-state index contributed by atoms with van der Waals surface area (Å²) < 4.78 is 5.62. The van der Waals surface area contributed by atoms with Crippen LogP contribution in [0.3, 0.4) is 0 Å². The molecule has 0 unspecified atom stereocenters. The average molecular weight is 243 g/mol. The van der Waals surface area contributed by atoms with Crippen molar-refractivity contribution in [3.63, 3.8) is 0 Å². The van der Waals surface area contributed by atoms with Crippen molar-refractivity contribution in [2.45, 2.75) is 26.3 Å². The fraction of sp³-hybridized carbons (Fsp3) is 0.429. The second kappa shape index (κ2) is 4.53. The molecule has 1 aliphatic carbocycles. The van der Waals surface area contributed by atoms with Gasteiger partial charge in [-0.2, -0.15) is 0 Å². The highest BCUT2D eigenvalue weighted by molar-refractivity contribution is 5.51. The first-order valence-corrected chi connectivity index (χ1v) is 6.34. The lowest BCUT2D eigenvalue weighted by atomic mass is 10.1. The summed E-state index contributed by atoms with van der Waals surface area (Å²) >= 11 is 0. The third-order valence-electron chi connectivity index (χ3n) is 3.42. The van der Waals surface area contributed by atoms with Crippen LogP contribution in [0.15, 0.2) is 34.7 Å². The Morgan fingerprint density at radius 3 is 2.72 bits per heavy atom. The first-order valence-electron chi connectivity index (χ1n) is 6.34. The summed E-state index contributed by atoms with van der Waals surface area (Å²) in [4.78, 5) is 0. The van der Waals surface area contributed by atoms with Gasteiger partial charge in [-0.1, -0.05) is 25.1 Å². The highest BCUT2D eigenvalue weighted by Crippen LogP contribution is 2.44. The van der Waals surface area contributed by atoms with E-state index in [1.807, 2.05) is 30.3 Å². The first-order chi connectivity index (χ1) is 8.75. The van der Waals surface area contributed by atoms with Crippen LogP contribution in [0, 0.1) is 5.41 Å². The molecule has 1 heterocycles. The van der Waals surface area contributed by atoms with Crippen LogP contribution in [0.25, 0.3) is 11.5 Å². The van der Waals surface area contributed by atoms with Crippen molar-refractivity contribution >= 4 is 0 Å². The van der Waals surface area contributed by atoms with E-state index in [1.165, 1.54) is 12.8 Å². The quantitative estimate of drug-likeness (QED) is 0.877. The summed E-state index contributed by atoms with van der Waals surface area (Å²) in [6.45, 7) is 3.97. The van der Waals surface area contributed by atoms with Gasteiger partial charge in [0.2, 0.25) is 11.8 Å². The first kappa shape index (κ1) is 11.4. The molecule has 4 heteroatoms. The fourth-order valence-corrected chi connectivity index (χ4v) is 1.88. The van der Waals surface area contributed by atoms with Crippen LogP contribution in [-0.4, -0.2) is 16.7 Å². The molecule has 1 saturated carbocycles. The SMILES string of the molecule is CC1(CNCc2nnc(-c3ccccc3)o2)CC1. The van der Waals surface area contributed by atoms with Crippen molar-refractivity contribution in [2.24, 2.45) is 5.41 Å². The summed E-state index contributed by atoms with van der Waals surface area (Å²) in [5.74, 6) is 1.24. The Labute approximate surface area is 106 Å². The molecule has 0 aliphatic heterocycles. The number of nitrogens with zero attached hydrogens (tertiary/aromatic N) is 2. The van der Waals surface area contributed by atoms with Gasteiger partial charge < -0.3 is 9.73 Å². The van der Waals surface area contributed by atoms with E-state index >= 15 is 0 Å². The van der Waals surface area contributed by atoms with Crippen LogP contribution in [0.5, 0.6) is 0 Å². The van der Waals surface area contributed by atoms with Crippen LogP contribution in [0.1, 0.15) is 25.7 Å². The maximum absolute atomic E-state index is 5.62. The van der Waals surface area contributed by atoms with E-state index < -0.39 is 0 Å². The number of rotatable bonds is 5. The fourth-order valence-electron chi connectivity index (χ4n) is 1.88. The van der Waals surface area contributed by atoms with Gasteiger partial charge >= 0.3 is 0 Å². The van der Waals surface area contributed by atoms with Gasteiger partial charge in [0.05, 0.1) is 6.54 Å². The van der Waals surface area contributed by atoms with Crippen LogP contribution in [-0.2, 0) is 6.54 Å². The molecule has 18 heavy (non-hydrogen) atoms. The van der Waals surface area contributed by atoms with E-state index in [-0.39, 0.29) is 0 Å². The zero-order chi connectivity index (χ0) is 12.4. The monoisotopic (exact) mass is 243 g/mol. The van der Waals surface area contributed by atoms with Crippen LogP contribution >= 0.6 is 0 Å². The van der Waals surface area contributed by atoms with Gasteiger partial charge in [-0.3, -0.25) is 0 Å². The lowest BCUT2D eigenvalue weighted by Crippen LogP contribution is -2.21. The lowest BCUT2D eigenvalue weighted by molar-refractivity contribution is 0.441. The zero-order valence-electron chi connectivity index (χ0n) is 10.5. The molecule has 1 fully saturated rings. The topological polar surface area (TPSA) is 51.0 Å². The molecule has 1 aromatic carbocycles. The van der Waals surface area contributed by atoms with Gasteiger partial charge in [0.15, 0.2) is 0 Å². The van der Waals surface area contributed by atoms with Crippen LogP contribution < -0.4 is 5.32 Å². The van der Waals surface area contributed by atoms with Crippen molar-refractivity contribution in [2.75, 3.05) is 6.54 Å². The zero-order valence-corrected chi connectivity index (χ0v) is 10.5. The molecule has 0 amide bonds. The summed E-state index contributed by atoms with van der Waals surface area (Å²) in [6.07, 6.45) is 2.64. The number of aromatic nitrogens is 2. The Morgan fingerprint density at radius 2 is 2.00 bits per heavy atom. The maximum Gasteiger partial charge on any atom is 0.247 e. The molecule has 1 N–H and O–H groups in total. The normalized spacial score (nSPS) is 16.7. The van der Waals surface area contributed by atoms with Gasteiger partial charge in [-0.05, 0) is 30.4 Å². The van der Waals surface area contributed by atoms with Gasteiger partial charge in [0.25, 0.3) is 0 Å². The Morgan fingerprint density at radius 1 is 1.22 bits per heavy atom. The second-order valence-corrected chi connectivity index (χ2v) is 5.28. The minimum atomic E-state index is 0.502. The molecule has 94 valence electrons.